The Morgan fingerprint density at radius 3 is 2.33 bits per heavy atom. The molecule has 2 aromatic rings. The summed E-state index contributed by atoms with van der Waals surface area (Å²) >= 11 is 0. The van der Waals surface area contributed by atoms with E-state index in [0.29, 0.717) is 31.3 Å². The Balaban J connectivity index is 1.12. The van der Waals surface area contributed by atoms with E-state index < -0.39 is 11.5 Å². The molecule has 4 fully saturated rings. The normalized spacial score (nSPS) is 32.5. The van der Waals surface area contributed by atoms with E-state index in [1.165, 1.54) is 12.0 Å². The first kappa shape index (κ1) is 28.8. The van der Waals surface area contributed by atoms with Crippen molar-refractivity contribution in [2.45, 2.75) is 75.5 Å². The van der Waals surface area contributed by atoms with Crippen molar-refractivity contribution in [2.24, 2.45) is 17.8 Å². The van der Waals surface area contributed by atoms with Crippen LogP contribution in [0.25, 0.3) is 0 Å². The van der Waals surface area contributed by atoms with Gasteiger partial charge in [-0.1, -0.05) is 68.1 Å². The summed E-state index contributed by atoms with van der Waals surface area (Å²) in [6.45, 7) is 5.37. The summed E-state index contributed by atoms with van der Waals surface area (Å²) < 4.78 is 0. The number of para-hydroxylation sites is 2. The molecule has 5 unspecified atom stereocenters. The zero-order chi connectivity index (χ0) is 29.4. The molecule has 43 heavy (non-hydrogen) atoms. The Morgan fingerprint density at radius 2 is 1.58 bits per heavy atom. The number of carbonyl (C=O) groups excluding carboxylic acids is 1. The maximum Gasteiger partial charge on any atom is 0.324 e. The molecule has 0 aromatic heterocycles. The molecule has 2 aromatic carbocycles. The number of piperidine rings is 1. The van der Waals surface area contributed by atoms with Gasteiger partial charge in [0.05, 0.1) is 11.4 Å². The molecule has 4 aliphatic heterocycles. The predicted molar refractivity (Wildman–Crippen MR) is 169 cm³/mol. The van der Waals surface area contributed by atoms with Gasteiger partial charge in [0.15, 0.2) is 6.17 Å². The minimum Gasteiger partial charge on any atom is -0.480 e. The van der Waals surface area contributed by atoms with Crippen LogP contribution in [-0.4, -0.2) is 83.8 Å². The molecule has 0 spiro atoms. The average molecular weight is 586 g/mol. The summed E-state index contributed by atoms with van der Waals surface area (Å²) in [5.41, 5.74) is 2.35. The number of carbonyl (C=O) groups is 2. The Labute approximate surface area is 255 Å². The Kier molecular flexibility index (Phi) is 8.18. The molecule has 1 saturated carbocycles. The molecule has 8 heteroatoms. The molecule has 8 nitrogen and oxygen atoms in total. The van der Waals surface area contributed by atoms with E-state index in [9.17, 15) is 14.7 Å². The lowest BCUT2D eigenvalue weighted by Crippen LogP contribution is -2.64. The van der Waals surface area contributed by atoms with Crippen LogP contribution in [-0.2, 0) is 16.0 Å². The van der Waals surface area contributed by atoms with Crippen molar-refractivity contribution in [3.05, 3.63) is 60.2 Å². The van der Waals surface area contributed by atoms with Gasteiger partial charge in [-0.3, -0.25) is 19.4 Å². The molecule has 5 atom stereocenters. The van der Waals surface area contributed by atoms with Gasteiger partial charge < -0.3 is 20.6 Å². The molecule has 230 valence electrons. The van der Waals surface area contributed by atoms with Crippen LogP contribution in [0.3, 0.4) is 0 Å². The smallest absolute Gasteiger partial charge is 0.324 e. The highest BCUT2D eigenvalue weighted by Gasteiger charge is 2.52. The van der Waals surface area contributed by atoms with E-state index >= 15 is 0 Å². The third-order valence-electron chi connectivity index (χ3n) is 11.3. The molecule has 1 amide bonds. The first-order chi connectivity index (χ1) is 21.0. The fourth-order valence-electron chi connectivity index (χ4n) is 9.10. The number of carboxylic acids is 1. The van der Waals surface area contributed by atoms with Crippen LogP contribution >= 0.6 is 0 Å². The standard InChI is InChI=1S/C35H47N5O3/c41-33-32(38-23-26-21-36-22-27(26)24-38)37-30-13-7-8-14-31(30)40(33)29-15-18-39(19-16-29)35(34(42)43)17-9-2-1-6-12-28(35)20-25-10-4-3-5-11-25/h3-5,7-8,10-11,13-14,26-29,32,36-37H,1-2,6,9,12,15-24H2,(H,42,43). The van der Waals surface area contributed by atoms with E-state index in [0.717, 1.165) is 82.5 Å². The third kappa shape index (κ3) is 5.36. The molecule has 4 heterocycles. The van der Waals surface area contributed by atoms with Crippen molar-refractivity contribution in [1.82, 2.24) is 15.1 Å². The molecule has 0 bridgehead atoms. The number of aliphatic carboxylic acids is 1. The van der Waals surface area contributed by atoms with E-state index in [1.54, 1.807) is 0 Å². The van der Waals surface area contributed by atoms with Crippen LogP contribution in [0.15, 0.2) is 54.6 Å². The second-order valence-electron chi connectivity index (χ2n) is 13.7. The molecule has 1 aliphatic carbocycles. The number of amides is 1. The highest BCUT2D eigenvalue weighted by Crippen LogP contribution is 2.43. The number of fused-ring (bicyclic) bond motifs is 2. The SMILES string of the molecule is O=C1C(N2CC3CNCC3C2)Nc2ccccc2N1C1CCN(C2(C(=O)O)CCCCCCC2Cc2ccccc2)CC1. The quantitative estimate of drug-likeness (QED) is 0.463. The largest absolute Gasteiger partial charge is 0.480 e. The molecule has 3 N–H and O–H groups in total. The number of rotatable bonds is 6. The van der Waals surface area contributed by atoms with Gasteiger partial charge in [0.1, 0.15) is 5.54 Å². The fourth-order valence-corrected chi connectivity index (χ4v) is 9.10. The zero-order valence-electron chi connectivity index (χ0n) is 25.3. The zero-order valence-corrected chi connectivity index (χ0v) is 25.3. The lowest BCUT2D eigenvalue weighted by molar-refractivity contribution is -0.159. The van der Waals surface area contributed by atoms with Crippen molar-refractivity contribution < 1.29 is 14.7 Å². The van der Waals surface area contributed by atoms with Crippen LogP contribution in [0, 0.1) is 17.8 Å². The van der Waals surface area contributed by atoms with Crippen molar-refractivity contribution in [1.29, 1.82) is 0 Å². The van der Waals surface area contributed by atoms with E-state index in [4.69, 9.17) is 0 Å². The van der Waals surface area contributed by atoms with E-state index in [2.05, 4.69) is 61.7 Å². The molecular formula is C35H47N5O3. The minimum atomic E-state index is -0.865. The first-order valence-electron chi connectivity index (χ1n) is 16.7. The molecule has 7 rings (SSSR count). The fraction of sp³-hybridized carbons (Fsp3) is 0.600. The minimum absolute atomic E-state index is 0.0604. The molecule has 0 radical (unpaired) electrons. The van der Waals surface area contributed by atoms with E-state index in [1.807, 2.05) is 18.2 Å². The highest BCUT2D eigenvalue weighted by atomic mass is 16.4. The van der Waals surface area contributed by atoms with Crippen molar-refractivity contribution in [3.8, 4) is 0 Å². The Bertz CT molecular complexity index is 1290. The second kappa shape index (κ2) is 12.2. The molecular weight excluding hydrogens is 538 g/mol. The topological polar surface area (TPSA) is 88.2 Å². The number of benzene rings is 2. The van der Waals surface area contributed by atoms with Crippen LogP contribution < -0.4 is 15.5 Å². The molecule has 5 aliphatic rings. The summed E-state index contributed by atoms with van der Waals surface area (Å²) in [5.74, 6) is 0.781. The van der Waals surface area contributed by atoms with Gasteiger partial charge in [0, 0.05) is 32.2 Å². The van der Waals surface area contributed by atoms with Crippen LogP contribution in [0.2, 0.25) is 0 Å². The van der Waals surface area contributed by atoms with E-state index in [-0.39, 0.29) is 24.0 Å². The van der Waals surface area contributed by atoms with Crippen LogP contribution in [0.5, 0.6) is 0 Å². The van der Waals surface area contributed by atoms with Crippen molar-refractivity contribution >= 4 is 23.3 Å². The number of likely N-dealkylation sites (tertiary alicyclic amines) is 2. The lowest BCUT2D eigenvalue weighted by Gasteiger charge is -2.51. The van der Waals surface area contributed by atoms with Crippen molar-refractivity contribution in [2.75, 3.05) is 49.5 Å². The van der Waals surface area contributed by atoms with Gasteiger partial charge in [-0.15, -0.1) is 0 Å². The summed E-state index contributed by atoms with van der Waals surface area (Å²) in [6, 6.07) is 18.7. The van der Waals surface area contributed by atoms with Gasteiger partial charge in [-0.25, -0.2) is 0 Å². The monoisotopic (exact) mass is 585 g/mol. The number of carboxylic acid groups (broad SMARTS) is 1. The number of nitrogens with one attached hydrogen (secondary N) is 2. The van der Waals surface area contributed by atoms with Gasteiger partial charge in [-0.2, -0.15) is 0 Å². The molecule has 3 saturated heterocycles. The highest BCUT2D eigenvalue weighted by molar-refractivity contribution is 6.05. The third-order valence-corrected chi connectivity index (χ3v) is 11.3. The Hall–Kier alpha value is -2.94. The van der Waals surface area contributed by atoms with Crippen molar-refractivity contribution in [3.63, 3.8) is 0 Å². The van der Waals surface area contributed by atoms with Gasteiger partial charge in [0.25, 0.3) is 5.91 Å². The predicted octanol–water partition coefficient (Wildman–Crippen LogP) is 4.42. The van der Waals surface area contributed by atoms with Gasteiger partial charge >= 0.3 is 5.97 Å². The summed E-state index contributed by atoms with van der Waals surface area (Å²) in [7, 11) is 0. The summed E-state index contributed by atoms with van der Waals surface area (Å²) in [5, 5.41) is 18.1. The maximum absolute atomic E-state index is 14.3. The van der Waals surface area contributed by atoms with Crippen LogP contribution in [0.1, 0.15) is 56.9 Å². The number of anilines is 2. The number of hydrogen-bond donors (Lipinski definition) is 3. The Morgan fingerprint density at radius 1 is 0.884 bits per heavy atom. The summed E-state index contributed by atoms with van der Waals surface area (Å²) in [4.78, 5) is 34.4. The lowest BCUT2D eigenvalue weighted by atomic mass is 9.70. The average Bonchev–Trinajstić information content (AvgIpc) is 3.62. The number of hydrogen-bond acceptors (Lipinski definition) is 6. The maximum atomic E-state index is 14.3. The van der Waals surface area contributed by atoms with Gasteiger partial charge in [0.2, 0.25) is 0 Å². The summed E-state index contributed by atoms with van der Waals surface area (Å²) in [6.07, 6.45) is 8.00. The first-order valence-corrected chi connectivity index (χ1v) is 16.7. The second-order valence-corrected chi connectivity index (χ2v) is 13.7. The number of nitrogens with zero attached hydrogens (tertiary/aromatic N) is 3. The van der Waals surface area contributed by atoms with Crippen LogP contribution in [0.4, 0.5) is 11.4 Å². The van der Waals surface area contributed by atoms with Gasteiger partial charge in [-0.05, 0) is 80.6 Å².